The Balaban J connectivity index is 1.19. The minimum absolute atomic E-state index is 0.0689. The highest BCUT2D eigenvalue weighted by molar-refractivity contribution is 5.85. The van der Waals surface area contributed by atoms with Crippen LogP contribution in [0.25, 0.3) is 5.52 Å². The molecule has 180 valence electrons. The summed E-state index contributed by atoms with van der Waals surface area (Å²) in [4.78, 5) is 20.0. The summed E-state index contributed by atoms with van der Waals surface area (Å²) in [6, 6.07) is 6.05. The van der Waals surface area contributed by atoms with Gasteiger partial charge in [-0.15, -0.1) is 5.10 Å². The number of aromatic amines is 1. The lowest BCUT2D eigenvalue weighted by Crippen LogP contribution is -2.46. The monoisotopic (exact) mass is 463 g/mol. The third-order valence-electron chi connectivity index (χ3n) is 7.51. The lowest BCUT2D eigenvalue weighted by atomic mass is 9.86. The number of rotatable bonds is 7. The zero-order valence-electron chi connectivity index (χ0n) is 19.4. The van der Waals surface area contributed by atoms with E-state index < -0.39 is 0 Å². The Morgan fingerprint density at radius 2 is 2.03 bits per heavy atom. The molecule has 10 nitrogen and oxygen atoms in total. The van der Waals surface area contributed by atoms with E-state index in [2.05, 4.69) is 26.9 Å². The van der Waals surface area contributed by atoms with Gasteiger partial charge < -0.3 is 21.3 Å². The Kier molecular flexibility index (Phi) is 5.60. The number of hydrogen-bond acceptors (Lipinski definition) is 7. The SMILES string of the molecule is NC1CCC(CNC(=O)[C@@H]2CCCN2c2nc(Nc3cc(C4CC4)[nH]n3)c3cccn3n2)CC1. The lowest BCUT2D eigenvalue weighted by Gasteiger charge is -2.28. The van der Waals surface area contributed by atoms with E-state index in [4.69, 9.17) is 15.8 Å². The number of carbonyl (C=O) groups excluding carboxylic acids is 1. The van der Waals surface area contributed by atoms with Crippen molar-refractivity contribution < 1.29 is 4.79 Å². The number of fused-ring (bicyclic) bond motifs is 1. The number of nitrogens with zero attached hydrogens (tertiary/aromatic N) is 5. The van der Waals surface area contributed by atoms with Gasteiger partial charge in [0.05, 0.1) is 0 Å². The quantitative estimate of drug-likeness (QED) is 0.424. The van der Waals surface area contributed by atoms with Crippen molar-refractivity contribution in [1.82, 2.24) is 30.1 Å². The van der Waals surface area contributed by atoms with E-state index in [1.807, 2.05) is 27.7 Å². The maximum absolute atomic E-state index is 13.1. The van der Waals surface area contributed by atoms with Gasteiger partial charge in [-0.05, 0) is 69.4 Å². The molecule has 1 amide bonds. The van der Waals surface area contributed by atoms with Crippen LogP contribution >= 0.6 is 0 Å². The van der Waals surface area contributed by atoms with Gasteiger partial charge in [0.2, 0.25) is 11.9 Å². The molecular formula is C24H33N9O. The van der Waals surface area contributed by atoms with Crippen molar-refractivity contribution >= 4 is 29.0 Å². The molecule has 0 aromatic carbocycles. The van der Waals surface area contributed by atoms with Crippen molar-refractivity contribution in [2.45, 2.75) is 69.4 Å². The van der Waals surface area contributed by atoms with E-state index in [-0.39, 0.29) is 11.9 Å². The smallest absolute Gasteiger partial charge is 0.246 e. The summed E-state index contributed by atoms with van der Waals surface area (Å²) < 4.78 is 1.82. The number of aromatic nitrogens is 5. The summed E-state index contributed by atoms with van der Waals surface area (Å²) in [6.45, 7) is 1.49. The molecule has 3 aliphatic rings. The number of H-pyrrole nitrogens is 1. The van der Waals surface area contributed by atoms with Crippen LogP contribution in [0, 0.1) is 5.92 Å². The summed E-state index contributed by atoms with van der Waals surface area (Å²) >= 11 is 0. The highest BCUT2D eigenvalue weighted by Crippen LogP contribution is 2.39. The van der Waals surface area contributed by atoms with Gasteiger partial charge in [0.25, 0.3) is 0 Å². The molecule has 1 aliphatic heterocycles. The van der Waals surface area contributed by atoms with Crippen molar-refractivity contribution in [3.8, 4) is 0 Å². The molecule has 3 aromatic rings. The van der Waals surface area contributed by atoms with Crippen LogP contribution in [-0.2, 0) is 4.79 Å². The minimum atomic E-state index is -0.251. The van der Waals surface area contributed by atoms with Gasteiger partial charge in [0.1, 0.15) is 11.6 Å². The average Bonchev–Trinajstić information content (AvgIpc) is 3.23. The molecule has 10 heteroatoms. The second-order valence-corrected chi connectivity index (χ2v) is 10.1. The third-order valence-corrected chi connectivity index (χ3v) is 7.51. The van der Waals surface area contributed by atoms with E-state index in [0.29, 0.717) is 29.6 Å². The van der Waals surface area contributed by atoms with E-state index in [1.165, 1.54) is 18.5 Å². The van der Waals surface area contributed by atoms with Gasteiger partial charge in [-0.1, -0.05) is 0 Å². The maximum atomic E-state index is 13.1. The van der Waals surface area contributed by atoms with Crippen LogP contribution in [0.4, 0.5) is 17.6 Å². The molecule has 4 heterocycles. The molecule has 1 saturated heterocycles. The van der Waals surface area contributed by atoms with Crippen molar-refractivity contribution in [2.75, 3.05) is 23.3 Å². The fraction of sp³-hybridized carbons (Fsp3) is 0.583. The Labute approximate surface area is 198 Å². The van der Waals surface area contributed by atoms with Crippen molar-refractivity contribution in [2.24, 2.45) is 11.7 Å². The maximum Gasteiger partial charge on any atom is 0.246 e. The molecule has 0 radical (unpaired) electrons. The summed E-state index contributed by atoms with van der Waals surface area (Å²) in [7, 11) is 0. The van der Waals surface area contributed by atoms with Gasteiger partial charge in [-0.3, -0.25) is 9.89 Å². The number of amides is 1. The molecule has 3 aromatic heterocycles. The molecule has 2 saturated carbocycles. The van der Waals surface area contributed by atoms with Crippen molar-refractivity contribution in [3.05, 3.63) is 30.1 Å². The summed E-state index contributed by atoms with van der Waals surface area (Å²) in [5.41, 5.74) is 8.06. The fourth-order valence-electron chi connectivity index (χ4n) is 5.30. The molecule has 5 N–H and O–H groups in total. The topological polar surface area (TPSA) is 129 Å². The van der Waals surface area contributed by atoms with E-state index >= 15 is 0 Å². The number of carbonyl (C=O) groups is 1. The van der Waals surface area contributed by atoms with Gasteiger partial charge in [0.15, 0.2) is 11.6 Å². The number of hydrogen-bond donors (Lipinski definition) is 4. The Morgan fingerprint density at radius 3 is 2.85 bits per heavy atom. The molecule has 0 bridgehead atoms. The third kappa shape index (κ3) is 4.34. The molecule has 3 fully saturated rings. The molecule has 2 aliphatic carbocycles. The van der Waals surface area contributed by atoms with Crippen molar-refractivity contribution in [1.29, 1.82) is 0 Å². The van der Waals surface area contributed by atoms with Crippen LogP contribution in [-0.4, -0.2) is 55.9 Å². The standard InChI is InChI=1S/C24H33N9O/c25-17-9-5-15(6-10-17)14-26-23(34)20-4-1-11-32(20)24-28-22(19-3-2-12-33(19)31-24)27-21-13-18(29-30-21)16-7-8-16/h2-3,12-13,15-17,20H,1,4-11,14,25H2,(H,26,34)(H2,27,28,29,30,31)/t15?,17?,20-/m0/s1. The van der Waals surface area contributed by atoms with Crippen LogP contribution in [0.2, 0.25) is 0 Å². The first-order valence-electron chi connectivity index (χ1n) is 12.6. The molecular weight excluding hydrogens is 430 g/mol. The first kappa shape index (κ1) is 21.4. The molecule has 0 unspecified atom stereocenters. The summed E-state index contributed by atoms with van der Waals surface area (Å²) in [5, 5.41) is 18.8. The number of anilines is 3. The highest BCUT2D eigenvalue weighted by atomic mass is 16.2. The second-order valence-electron chi connectivity index (χ2n) is 10.1. The van der Waals surface area contributed by atoms with E-state index in [0.717, 1.165) is 62.9 Å². The molecule has 0 spiro atoms. The fourth-order valence-corrected chi connectivity index (χ4v) is 5.30. The number of nitrogens with one attached hydrogen (secondary N) is 3. The zero-order chi connectivity index (χ0) is 23.1. The largest absolute Gasteiger partial charge is 0.354 e. The van der Waals surface area contributed by atoms with Crippen LogP contribution < -0.4 is 21.3 Å². The number of nitrogens with two attached hydrogens (primary N) is 1. The predicted octanol–water partition coefficient (Wildman–Crippen LogP) is 2.68. The highest BCUT2D eigenvalue weighted by Gasteiger charge is 2.34. The van der Waals surface area contributed by atoms with Crippen molar-refractivity contribution in [3.63, 3.8) is 0 Å². The van der Waals surface area contributed by atoms with Gasteiger partial charge in [0, 0.05) is 43.0 Å². The molecule has 34 heavy (non-hydrogen) atoms. The second kappa shape index (κ2) is 8.90. The van der Waals surface area contributed by atoms with Crippen LogP contribution in [0.3, 0.4) is 0 Å². The van der Waals surface area contributed by atoms with E-state index in [1.54, 1.807) is 0 Å². The van der Waals surface area contributed by atoms with E-state index in [9.17, 15) is 4.79 Å². The van der Waals surface area contributed by atoms with Crippen LogP contribution in [0.1, 0.15) is 63.0 Å². The van der Waals surface area contributed by atoms with Gasteiger partial charge in [-0.2, -0.15) is 10.1 Å². The zero-order valence-corrected chi connectivity index (χ0v) is 19.4. The molecule has 6 rings (SSSR count). The van der Waals surface area contributed by atoms with Crippen LogP contribution in [0.5, 0.6) is 0 Å². The predicted molar refractivity (Wildman–Crippen MR) is 130 cm³/mol. The average molecular weight is 464 g/mol. The van der Waals surface area contributed by atoms with Gasteiger partial charge >= 0.3 is 0 Å². The normalized spacial score (nSPS) is 25.1. The Bertz CT molecular complexity index is 1160. The summed E-state index contributed by atoms with van der Waals surface area (Å²) in [6.07, 6.45) is 10.4. The minimum Gasteiger partial charge on any atom is -0.354 e. The first-order valence-corrected chi connectivity index (χ1v) is 12.6. The Morgan fingerprint density at radius 1 is 1.18 bits per heavy atom. The molecule has 1 atom stereocenters. The van der Waals surface area contributed by atoms with Crippen LogP contribution in [0.15, 0.2) is 24.4 Å². The first-order chi connectivity index (χ1) is 16.6. The summed E-state index contributed by atoms with van der Waals surface area (Å²) in [5.74, 6) is 3.19. The van der Waals surface area contributed by atoms with Gasteiger partial charge in [-0.25, -0.2) is 4.52 Å². The Hall–Kier alpha value is -3.14. The lowest BCUT2D eigenvalue weighted by molar-refractivity contribution is -0.122.